The van der Waals surface area contributed by atoms with E-state index in [2.05, 4.69) is 15.5 Å². The molecule has 7 atom stereocenters. The van der Waals surface area contributed by atoms with E-state index in [1.807, 2.05) is 20.8 Å². The number of anilines is 1. The lowest BCUT2D eigenvalue weighted by molar-refractivity contribution is -0.149. The summed E-state index contributed by atoms with van der Waals surface area (Å²) in [5.74, 6) is -1.95. The van der Waals surface area contributed by atoms with Crippen molar-refractivity contribution < 1.29 is 33.7 Å². The van der Waals surface area contributed by atoms with Crippen molar-refractivity contribution in [2.75, 3.05) is 57.9 Å². The highest BCUT2D eigenvalue weighted by atomic mass is 16.5. The molecule has 4 saturated heterocycles. The van der Waals surface area contributed by atoms with Gasteiger partial charge in [0.25, 0.3) is 0 Å². The highest BCUT2D eigenvalue weighted by molar-refractivity contribution is 6.02. The third kappa shape index (κ3) is 4.76. The van der Waals surface area contributed by atoms with Gasteiger partial charge < -0.3 is 34.9 Å². The molecule has 2 bridgehead atoms. The molecule has 4 fully saturated rings. The first-order valence-corrected chi connectivity index (χ1v) is 14.4. The Morgan fingerprint density at radius 1 is 1.20 bits per heavy atom. The second-order valence-electron chi connectivity index (χ2n) is 11.7. The van der Waals surface area contributed by atoms with E-state index >= 15 is 0 Å². The molecule has 11 heteroatoms. The fourth-order valence-corrected chi connectivity index (χ4v) is 7.22. The predicted molar refractivity (Wildman–Crippen MR) is 147 cm³/mol. The molecular weight excluding hydrogens is 516 g/mol. The number of aliphatic hydroxyl groups excluding tert-OH is 1. The average Bonchev–Trinajstić information content (AvgIpc) is 3.46. The number of hydrogen-bond donors (Lipinski definition) is 3. The number of carbonyl (C=O) groups is 3. The number of aliphatic hydroxyl groups is 1. The number of amides is 3. The molecule has 220 valence electrons. The maximum Gasteiger partial charge on any atom is 0.245 e. The molecule has 0 radical (unpaired) electrons. The average molecular weight is 559 g/mol. The fourth-order valence-electron chi connectivity index (χ4n) is 7.22. The van der Waals surface area contributed by atoms with Crippen LogP contribution in [0.1, 0.15) is 34.1 Å². The second kappa shape index (κ2) is 11.3. The number of likely N-dealkylation sites (tertiary alicyclic amines) is 1. The van der Waals surface area contributed by atoms with E-state index in [9.17, 15) is 19.5 Å². The van der Waals surface area contributed by atoms with Crippen LogP contribution in [0.5, 0.6) is 5.75 Å². The van der Waals surface area contributed by atoms with Gasteiger partial charge in [0, 0.05) is 31.9 Å². The van der Waals surface area contributed by atoms with Crippen molar-refractivity contribution in [3.05, 3.63) is 24.3 Å². The lowest BCUT2D eigenvalue weighted by Gasteiger charge is -2.36. The summed E-state index contributed by atoms with van der Waals surface area (Å²) >= 11 is 0. The maximum absolute atomic E-state index is 14.1. The van der Waals surface area contributed by atoms with Crippen molar-refractivity contribution in [3.63, 3.8) is 0 Å². The van der Waals surface area contributed by atoms with E-state index in [1.165, 1.54) is 4.90 Å². The van der Waals surface area contributed by atoms with Crippen LogP contribution in [0, 0.1) is 17.8 Å². The third-order valence-electron chi connectivity index (χ3n) is 9.29. The van der Waals surface area contributed by atoms with Crippen LogP contribution in [0.4, 0.5) is 5.69 Å². The molecule has 40 heavy (non-hydrogen) atoms. The Bertz CT molecular complexity index is 1110. The minimum Gasteiger partial charge on any atom is -0.494 e. The molecule has 5 rings (SSSR count). The molecule has 0 saturated carbocycles. The van der Waals surface area contributed by atoms with Crippen LogP contribution >= 0.6 is 0 Å². The van der Waals surface area contributed by atoms with Crippen molar-refractivity contribution in [1.29, 1.82) is 0 Å². The SMILES string of the molecule is CCOc1ccc(NC(=O)[C@H]2[C@H]3C(=O)N([C@H](C)CO)C(C(=O)NCCN4CCOCC4)C34CC(C)[C@]2(C)O4)cc1. The minimum atomic E-state index is -1.15. The van der Waals surface area contributed by atoms with Crippen molar-refractivity contribution in [2.45, 2.75) is 57.4 Å². The molecule has 3 unspecified atom stereocenters. The van der Waals surface area contributed by atoms with Crippen molar-refractivity contribution in [3.8, 4) is 5.75 Å². The van der Waals surface area contributed by atoms with E-state index in [0.29, 0.717) is 50.8 Å². The number of benzene rings is 1. The second-order valence-corrected chi connectivity index (χ2v) is 11.7. The smallest absolute Gasteiger partial charge is 0.245 e. The monoisotopic (exact) mass is 558 g/mol. The Morgan fingerprint density at radius 3 is 2.55 bits per heavy atom. The summed E-state index contributed by atoms with van der Waals surface area (Å²) in [6, 6.07) is 5.54. The summed E-state index contributed by atoms with van der Waals surface area (Å²) in [6.45, 7) is 11.8. The van der Waals surface area contributed by atoms with Gasteiger partial charge in [-0.2, -0.15) is 0 Å². The summed E-state index contributed by atoms with van der Waals surface area (Å²) in [7, 11) is 0. The molecule has 3 N–H and O–H groups in total. The first kappa shape index (κ1) is 28.8. The van der Waals surface area contributed by atoms with Gasteiger partial charge in [0.15, 0.2) is 0 Å². The van der Waals surface area contributed by atoms with Crippen LogP contribution in [-0.2, 0) is 23.9 Å². The molecular formula is C29H42N4O7. The van der Waals surface area contributed by atoms with Gasteiger partial charge in [0.2, 0.25) is 17.7 Å². The topological polar surface area (TPSA) is 130 Å². The normalized spacial score (nSPS) is 34.0. The predicted octanol–water partition coefficient (Wildman–Crippen LogP) is 0.864. The maximum atomic E-state index is 14.1. The summed E-state index contributed by atoms with van der Waals surface area (Å²) in [4.78, 5) is 45.5. The van der Waals surface area contributed by atoms with Crippen LogP contribution < -0.4 is 15.4 Å². The molecule has 4 heterocycles. The number of hydrogen-bond acceptors (Lipinski definition) is 8. The molecule has 3 amide bonds. The molecule has 1 spiro atoms. The fraction of sp³-hybridized carbons (Fsp3) is 0.690. The van der Waals surface area contributed by atoms with Gasteiger partial charge in [-0.1, -0.05) is 6.92 Å². The highest BCUT2D eigenvalue weighted by Gasteiger charge is 2.80. The number of nitrogens with one attached hydrogen (secondary N) is 2. The van der Waals surface area contributed by atoms with Gasteiger partial charge in [-0.25, -0.2) is 0 Å². The third-order valence-corrected chi connectivity index (χ3v) is 9.29. The first-order chi connectivity index (χ1) is 19.2. The number of nitrogens with zero attached hydrogens (tertiary/aromatic N) is 2. The molecule has 4 aliphatic heterocycles. The number of ether oxygens (including phenoxy) is 3. The molecule has 1 aromatic carbocycles. The van der Waals surface area contributed by atoms with Gasteiger partial charge in [0.1, 0.15) is 17.4 Å². The van der Waals surface area contributed by atoms with Crippen molar-refractivity contribution >= 4 is 23.4 Å². The first-order valence-electron chi connectivity index (χ1n) is 14.4. The summed E-state index contributed by atoms with van der Waals surface area (Å²) in [5.41, 5.74) is -1.49. The van der Waals surface area contributed by atoms with E-state index in [0.717, 1.165) is 13.1 Å². The van der Waals surface area contributed by atoms with Crippen molar-refractivity contribution in [1.82, 2.24) is 15.1 Å². The zero-order chi connectivity index (χ0) is 28.7. The Hall–Kier alpha value is -2.73. The summed E-state index contributed by atoms with van der Waals surface area (Å²) in [6.07, 6.45) is 0.475. The van der Waals surface area contributed by atoms with Gasteiger partial charge in [-0.15, -0.1) is 0 Å². The Morgan fingerprint density at radius 2 is 1.90 bits per heavy atom. The lowest BCUT2D eigenvalue weighted by atomic mass is 9.62. The van der Waals surface area contributed by atoms with Crippen molar-refractivity contribution in [2.24, 2.45) is 17.8 Å². The van der Waals surface area contributed by atoms with Crippen LogP contribution in [0.3, 0.4) is 0 Å². The molecule has 0 aromatic heterocycles. The Kier molecular flexibility index (Phi) is 8.11. The number of morpholine rings is 1. The molecule has 1 aromatic rings. The minimum absolute atomic E-state index is 0.0688. The van der Waals surface area contributed by atoms with Crippen LogP contribution in [0.25, 0.3) is 0 Å². The number of carbonyl (C=O) groups excluding carboxylic acids is 3. The summed E-state index contributed by atoms with van der Waals surface area (Å²) in [5, 5.41) is 16.1. The lowest BCUT2D eigenvalue weighted by Crippen LogP contribution is -2.58. The standard InChI is InChI=1S/C29H42N4O7/c1-5-39-21-8-6-20(7-9-21)31-25(35)22-23-27(37)33(19(3)17-34)24(29(23)16-18(2)28(22,4)40-29)26(36)30-10-11-32-12-14-38-15-13-32/h6-9,18-19,22-24,34H,5,10-17H2,1-4H3,(H,30,36)(H,31,35)/t18?,19-,22-,23+,24?,28+,29?/m1/s1. The zero-order valence-corrected chi connectivity index (χ0v) is 23.9. The van der Waals surface area contributed by atoms with E-state index < -0.39 is 35.1 Å². The van der Waals surface area contributed by atoms with Crippen LogP contribution in [0.15, 0.2) is 24.3 Å². The zero-order valence-electron chi connectivity index (χ0n) is 23.9. The number of rotatable bonds is 10. The van der Waals surface area contributed by atoms with Gasteiger partial charge in [-0.3, -0.25) is 19.3 Å². The molecule has 4 aliphatic rings. The largest absolute Gasteiger partial charge is 0.494 e. The number of fused-ring (bicyclic) bond motifs is 1. The van der Waals surface area contributed by atoms with Crippen LogP contribution in [-0.4, -0.2) is 109 Å². The van der Waals surface area contributed by atoms with Gasteiger partial charge in [-0.05, 0) is 57.4 Å². The van der Waals surface area contributed by atoms with E-state index in [4.69, 9.17) is 14.2 Å². The highest BCUT2D eigenvalue weighted by Crippen LogP contribution is 2.65. The molecule has 11 nitrogen and oxygen atoms in total. The summed E-state index contributed by atoms with van der Waals surface area (Å²) < 4.78 is 17.6. The van der Waals surface area contributed by atoms with E-state index in [-0.39, 0.29) is 30.2 Å². The van der Waals surface area contributed by atoms with Gasteiger partial charge in [0.05, 0.1) is 49.9 Å². The Labute approximate surface area is 235 Å². The Balaban J connectivity index is 1.40. The molecule has 0 aliphatic carbocycles. The van der Waals surface area contributed by atoms with E-state index in [1.54, 1.807) is 31.2 Å². The van der Waals surface area contributed by atoms with Gasteiger partial charge >= 0.3 is 0 Å². The van der Waals surface area contributed by atoms with Crippen LogP contribution in [0.2, 0.25) is 0 Å². The quantitative estimate of drug-likeness (QED) is 0.386.